The van der Waals surface area contributed by atoms with E-state index in [0.717, 1.165) is 30.1 Å². The van der Waals surface area contributed by atoms with Gasteiger partial charge < -0.3 is 24.6 Å². The number of hydrogen-bond donors (Lipinski definition) is 1. The van der Waals surface area contributed by atoms with E-state index in [9.17, 15) is 9.59 Å². The lowest BCUT2D eigenvalue weighted by atomic mass is 10.1. The van der Waals surface area contributed by atoms with E-state index in [2.05, 4.69) is 10.2 Å². The first-order chi connectivity index (χ1) is 17.3. The van der Waals surface area contributed by atoms with Gasteiger partial charge in [0, 0.05) is 48.1 Å². The molecule has 3 aromatic carbocycles. The maximum absolute atomic E-state index is 12.8. The third kappa shape index (κ3) is 6.22. The largest absolute Gasteiger partial charge is 0.497 e. The summed E-state index contributed by atoms with van der Waals surface area (Å²) in [7, 11) is 1.60. The first-order valence-corrected chi connectivity index (χ1v) is 12.3. The molecule has 0 spiro atoms. The van der Waals surface area contributed by atoms with Crippen LogP contribution in [0.5, 0.6) is 11.5 Å². The summed E-state index contributed by atoms with van der Waals surface area (Å²) in [5.74, 6) is 0.896. The fraction of sp³-hybridized carbons (Fsp3) is 0.259. The summed E-state index contributed by atoms with van der Waals surface area (Å²) in [4.78, 5) is 29.2. The second-order valence-corrected chi connectivity index (χ2v) is 9.27. The first kappa shape index (κ1) is 25.7. The molecule has 1 N–H and O–H groups in total. The smallest absolute Gasteiger partial charge is 0.262 e. The van der Waals surface area contributed by atoms with Crippen LogP contribution in [0.25, 0.3) is 0 Å². The number of amides is 2. The molecule has 7 nitrogen and oxygen atoms in total. The fourth-order valence-corrected chi connectivity index (χ4v) is 4.70. The molecule has 36 heavy (non-hydrogen) atoms. The summed E-state index contributed by atoms with van der Waals surface area (Å²) < 4.78 is 10.8. The molecule has 2 amide bonds. The second kappa shape index (κ2) is 11.5. The molecule has 1 aliphatic heterocycles. The SMILES string of the molecule is COc1ccc(C(=O)N2CCN(c3ccc(NC(=O)COc4c(C)cc(Cl)cc4Cl)cc3)CC2)cc1. The van der Waals surface area contributed by atoms with Crippen LogP contribution in [-0.2, 0) is 4.79 Å². The van der Waals surface area contributed by atoms with Crippen molar-refractivity contribution in [1.29, 1.82) is 0 Å². The Hall–Kier alpha value is -3.42. The fourth-order valence-electron chi connectivity index (χ4n) is 4.05. The van der Waals surface area contributed by atoms with E-state index in [1.807, 2.05) is 36.1 Å². The monoisotopic (exact) mass is 527 g/mol. The molecule has 0 aliphatic carbocycles. The van der Waals surface area contributed by atoms with Crippen molar-refractivity contribution >= 4 is 46.4 Å². The molecular formula is C27H27Cl2N3O4. The number of methoxy groups -OCH3 is 1. The number of benzene rings is 3. The molecule has 1 fully saturated rings. The molecule has 0 bridgehead atoms. The van der Waals surface area contributed by atoms with Gasteiger partial charge in [-0.3, -0.25) is 9.59 Å². The number of carbonyl (C=O) groups excluding carboxylic acids is 2. The summed E-state index contributed by atoms with van der Waals surface area (Å²) in [5, 5.41) is 3.70. The van der Waals surface area contributed by atoms with Crippen molar-refractivity contribution < 1.29 is 19.1 Å². The molecule has 0 saturated carbocycles. The Balaban J connectivity index is 1.27. The highest BCUT2D eigenvalue weighted by Crippen LogP contribution is 2.31. The number of nitrogens with one attached hydrogen (secondary N) is 1. The van der Waals surface area contributed by atoms with Crippen molar-refractivity contribution in [2.45, 2.75) is 6.92 Å². The number of piperazine rings is 1. The number of aryl methyl sites for hydroxylation is 1. The van der Waals surface area contributed by atoms with E-state index in [4.69, 9.17) is 32.7 Å². The molecule has 0 radical (unpaired) electrons. The van der Waals surface area contributed by atoms with E-state index in [1.165, 1.54) is 0 Å². The lowest BCUT2D eigenvalue weighted by Gasteiger charge is -2.36. The molecule has 0 aromatic heterocycles. The Bertz CT molecular complexity index is 1200. The maximum atomic E-state index is 12.8. The minimum atomic E-state index is -0.293. The van der Waals surface area contributed by atoms with Gasteiger partial charge in [0.25, 0.3) is 11.8 Å². The van der Waals surface area contributed by atoms with Gasteiger partial charge in [0.2, 0.25) is 0 Å². The summed E-state index contributed by atoms with van der Waals surface area (Å²) in [6, 6.07) is 18.1. The molecule has 4 rings (SSSR count). The van der Waals surface area contributed by atoms with Crippen molar-refractivity contribution in [3.63, 3.8) is 0 Å². The number of halogens is 2. The minimum Gasteiger partial charge on any atom is -0.497 e. The summed E-state index contributed by atoms with van der Waals surface area (Å²) in [5.41, 5.74) is 3.11. The molecule has 1 heterocycles. The first-order valence-electron chi connectivity index (χ1n) is 11.5. The number of anilines is 2. The van der Waals surface area contributed by atoms with Gasteiger partial charge in [-0.1, -0.05) is 23.2 Å². The van der Waals surface area contributed by atoms with Crippen molar-refractivity contribution in [3.05, 3.63) is 81.8 Å². The van der Waals surface area contributed by atoms with Crippen molar-refractivity contribution in [2.75, 3.05) is 50.1 Å². The molecule has 1 saturated heterocycles. The zero-order chi connectivity index (χ0) is 25.7. The average Bonchev–Trinajstić information content (AvgIpc) is 2.88. The highest BCUT2D eigenvalue weighted by molar-refractivity contribution is 6.35. The summed E-state index contributed by atoms with van der Waals surface area (Å²) in [6.45, 7) is 4.36. The van der Waals surface area contributed by atoms with Crippen LogP contribution in [0.2, 0.25) is 10.0 Å². The quantitative estimate of drug-likeness (QED) is 0.451. The van der Waals surface area contributed by atoms with Gasteiger partial charge in [-0.15, -0.1) is 0 Å². The standard InChI is InChI=1S/C27H27Cl2N3O4/c1-18-15-20(28)16-24(29)26(18)36-17-25(33)30-21-5-7-22(8-6-21)31-11-13-32(14-12-31)27(34)19-3-9-23(35-2)10-4-19/h3-10,15-16H,11-14,17H2,1-2H3,(H,30,33). The van der Waals surface area contributed by atoms with E-state index in [1.54, 1.807) is 43.5 Å². The maximum Gasteiger partial charge on any atom is 0.262 e. The van der Waals surface area contributed by atoms with Gasteiger partial charge in [0.1, 0.15) is 11.5 Å². The number of hydrogen-bond acceptors (Lipinski definition) is 5. The molecule has 0 atom stereocenters. The topological polar surface area (TPSA) is 71.1 Å². The lowest BCUT2D eigenvalue weighted by Crippen LogP contribution is -2.48. The highest BCUT2D eigenvalue weighted by atomic mass is 35.5. The third-order valence-electron chi connectivity index (χ3n) is 5.96. The minimum absolute atomic E-state index is 0.0210. The van der Waals surface area contributed by atoms with Gasteiger partial charge >= 0.3 is 0 Å². The number of ether oxygens (including phenoxy) is 2. The van der Waals surface area contributed by atoms with Crippen LogP contribution in [-0.4, -0.2) is 56.6 Å². The second-order valence-electron chi connectivity index (χ2n) is 8.43. The third-order valence-corrected chi connectivity index (χ3v) is 6.46. The zero-order valence-electron chi connectivity index (χ0n) is 20.1. The van der Waals surface area contributed by atoms with Gasteiger partial charge in [-0.05, 0) is 73.2 Å². The van der Waals surface area contributed by atoms with E-state index >= 15 is 0 Å². The average molecular weight is 528 g/mol. The van der Waals surface area contributed by atoms with Crippen LogP contribution in [0.15, 0.2) is 60.7 Å². The van der Waals surface area contributed by atoms with Crippen LogP contribution in [0.4, 0.5) is 11.4 Å². The van der Waals surface area contributed by atoms with Crippen LogP contribution >= 0.6 is 23.2 Å². The van der Waals surface area contributed by atoms with Crippen LogP contribution < -0.4 is 19.7 Å². The van der Waals surface area contributed by atoms with E-state index in [-0.39, 0.29) is 18.4 Å². The molecular weight excluding hydrogens is 501 g/mol. The Morgan fingerprint density at radius 3 is 2.22 bits per heavy atom. The number of nitrogens with zero attached hydrogens (tertiary/aromatic N) is 2. The molecule has 9 heteroatoms. The predicted molar refractivity (Wildman–Crippen MR) is 143 cm³/mol. The molecule has 0 unspecified atom stereocenters. The Labute approximate surface area is 220 Å². The van der Waals surface area contributed by atoms with Gasteiger partial charge in [0.15, 0.2) is 6.61 Å². The van der Waals surface area contributed by atoms with Crippen LogP contribution in [0.1, 0.15) is 15.9 Å². The van der Waals surface area contributed by atoms with Gasteiger partial charge in [0.05, 0.1) is 12.1 Å². The Morgan fingerprint density at radius 1 is 0.944 bits per heavy atom. The molecule has 3 aromatic rings. The summed E-state index contributed by atoms with van der Waals surface area (Å²) >= 11 is 12.1. The predicted octanol–water partition coefficient (Wildman–Crippen LogP) is 5.29. The Kier molecular flexibility index (Phi) is 8.23. The number of carbonyl (C=O) groups is 2. The Morgan fingerprint density at radius 2 is 1.61 bits per heavy atom. The van der Waals surface area contributed by atoms with Gasteiger partial charge in [-0.25, -0.2) is 0 Å². The van der Waals surface area contributed by atoms with Crippen LogP contribution in [0, 0.1) is 6.92 Å². The van der Waals surface area contributed by atoms with Crippen molar-refractivity contribution in [1.82, 2.24) is 4.90 Å². The van der Waals surface area contributed by atoms with Gasteiger partial charge in [-0.2, -0.15) is 0 Å². The normalized spacial score (nSPS) is 13.3. The highest BCUT2D eigenvalue weighted by Gasteiger charge is 2.22. The molecule has 188 valence electrons. The van der Waals surface area contributed by atoms with Crippen molar-refractivity contribution in [2.24, 2.45) is 0 Å². The van der Waals surface area contributed by atoms with E-state index < -0.39 is 0 Å². The van der Waals surface area contributed by atoms with Crippen LogP contribution in [0.3, 0.4) is 0 Å². The van der Waals surface area contributed by atoms with Crippen molar-refractivity contribution in [3.8, 4) is 11.5 Å². The summed E-state index contributed by atoms with van der Waals surface area (Å²) in [6.07, 6.45) is 0. The lowest BCUT2D eigenvalue weighted by molar-refractivity contribution is -0.118. The molecule has 1 aliphatic rings. The zero-order valence-corrected chi connectivity index (χ0v) is 21.6. The number of rotatable bonds is 7. The van der Waals surface area contributed by atoms with E-state index in [0.29, 0.717) is 40.1 Å².